The first-order valence-corrected chi connectivity index (χ1v) is 7.27. The summed E-state index contributed by atoms with van der Waals surface area (Å²) in [5, 5.41) is 14.5. The van der Waals surface area contributed by atoms with Crippen LogP contribution in [0.4, 0.5) is 4.79 Å². The summed E-state index contributed by atoms with van der Waals surface area (Å²) in [6.45, 7) is 4.64. The van der Waals surface area contributed by atoms with Crippen molar-refractivity contribution in [3.8, 4) is 0 Å². The Labute approximate surface area is 125 Å². The van der Waals surface area contributed by atoms with Crippen molar-refractivity contribution >= 4 is 12.0 Å². The van der Waals surface area contributed by atoms with Crippen molar-refractivity contribution in [1.29, 1.82) is 0 Å². The predicted molar refractivity (Wildman–Crippen MR) is 82.2 cm³/mol. The quantitative estimate of drug-likeness (QED) is 0.688. The molecule has 0 radical (unpaired) electrons. The van der Waals surface area contributed by atoms with Gasteiger partial charge in [0.2, 0.25) is 0 Å². The second kappa shape index (κ2) is 9.00. The van der Waals surface area contributed by atoms with Crippen LogP contribution in [0.1, 0.15) is 32.3 Å². The molecule has 1 aromatic carbocycles. The standard InChI is InChI=1S/C16H24N2O3/c1-12(2)11-17-16(21)18-14(8-9-15(19)20)10-13-6-4-3-5-7-13/h3-7,12,14H,8-11H2,1-2H3,(H,19,20)(H2,17,18,21). The van der Waals surface area contributed by atoms with E-state index < -0.39 is 5.97 Å². The van der Waals surface area contributed by atoms with Crippen LogP contribution in [0, 0.1) is 5.92 Å². The third-order valence-corrected chi connectivity index (χ3v) is 3.04. The van der Waals surface area contributed by atoms with Crippen LogP contribution in [-0.2, 0) is 11.2 Å². The third kappa shape index (κ3) is 7.97. The molecule has 2 amide bonds. The van der Waals surface area contributed by atoms with Gasteiger partial charge in [0.25, 0.3) is 0 Å². The van der Waals surface area contributed by atoms with Crippen molar-refractivity contribution in [3.05, 3.63) is 35.9 Å². The molecule has 0 fully saturated rings. The number of carbonyl (C=O) groups excluding carboxylic acids is 1. The molecule has 0 saturated carbocycles. The van der Waals surface area contributed by atoms with Crippen molar-refractivity contribution in [2.45, 2.75) is 39.2 Å². The molecule has 0 aromatic heterocycles. The van der Waals surface area contributed by atoms with Crippen LogP contribution in [0.2, 0.25) is 0 Å². The van der Waals surface area contributed by atoms with E-state index in [4.69, 9.17) is 5.11 Å². The molecular weight excluding hydrogens is 268 g/mol. The van der Waals surface area contributed by atoms with Crippen LogP contribution in [0.3, 0.4) is 0 Å². The van der Waals surface area contributed by atoms with Gasteiger partial charge >= 0.3 is 12.0 Å². The molecule has 1 aromatic rings. The number of hydrogen-bond acceptors (Lipinski definition) is 2. The van der Waals surface area contributed by atoms with E-state index in [1.807, 2.05) is 44.2 Å². The SMILES string of the molecule is CC(C)CNC(=O)NC(CCC(=O)O)Cc1ccccc1. The number of carbonyl (C=O) groups is 2. The number of carboxylic acids is 1. The number of carboxylic acid groups (broad SMARTS) is 1. The van der Waals surface area contributed by atoms with E-state index in [1.54, 1.807) is 0 Å². The molecule has 21 heavy (non-hydrogen) atoms. The highest BCUT2D eigenvalue weighted by molar-refractivity contribution is 5.74. The molecule has 0 aliphatic carbocycles. The number of amides is 2. The maximum atomic E-state index is 11.8. The van der Waals surface area contributed by atoms with Crippen LogP contribution in [0.15, 0.2) is 30.3 Å². The molecule has 0 aliphatic heterocycles. The number of nitrogens with one attached hydrogen (secondary N) is 2. The summed E-state index contributed by atoms with van der Waals surface area (Å²) in [5.74, 6) is -0.472. The fourth-order valence-corrected chi connectivity index (χ4v) is 1.95. The Morgan fingerprint density at radius 2 is 1.86 bits per heavy atom. The van der Waals surface area contributed by atoms with Crippen LogP contribution in [-0.4, -0.2) is 29.7 Å². The minimum Gasteiger partial charge on any atom is -0.481 e. The topological polar surface area (TPSA) is 78.4 Å². The van der Waals surface area contributed by atoms with E-state index in [0.29, 0.717) is 25.3 Å². The van der Waals surface area contributed by atoms with E-state index >= 15 is 0 Å². The second-order valence-electron chi connectivity index (χ2n) is 5.57. The third-order valence-electron chi connectivity index (χ3n) is 3.04. The largest absolute Gasteiger partial charge is 0.481 e. The zero-order chi connectivity index (χ0) is 15.7. The highest BCUT2D eigenvalue weighted by atomic mass is 16.4. The number of urea groups is 1. The molecule has 116 valence electrons. The summed E-state index contributed by atoms with van der Waals surface area (Å²) < 4.78 is 0. The highest BCUT2D eigenvalue weighted by Gasteiger charge is 2.14. The van der Waals surface area contributed by atoms with Gasteiger partial charge in [-0.2, -0.15) is 0 Å². The lowest BCUT2D eigenvalue weighted by molar-refractivity contribution is -0.137. The van der Waals surface area contributed by atoms with Gasteiger partial charge in [-0.25, -0.2) is 4.79 Å². The predicted octanol–water partition coefficient (Wildman–Crippen LogP) is 2.42. The van der Waals surface area contributed by atoms with Gasteiger partial charge in [0.15, 0.2) is 0 Å². The number of aliphatic carboxylic acids is 1. The minimum atomic E-state index is -0.850. The average Bonchev–Trinajstić information content (AvgIpc) is 2.43. The number of rotatable bonds is 8. The molecule has 0 spiro atoms. The van der Waals surface area contributed by atoms with Gasteiger partial charge in [-0.05, 0) is 24.3 Å². The lowest BCUT2D eigenvalue weighted by atomic mass is 10.0. The Balaban J connectivity index is 2.55. The maximum absolute atomic E-state index is 11.8. The zero-order valence-electron chi connectivity index (χ0n) is 12.6. The van der Waals surface area contributed by atoms with E-state index in [0.717, 1.165) is 5.56 Å². The molecular formula is C16H24N2O3. The first-order chi connectivity index (χ1) is 9.97. The Bertz CT molecular complexity index is 446. The van der Waals surface area contributed by atoms with Gasteiger partial charge in [0, 0.05) is 19.0 Å². The van der Waals surface area contributed by atoms with Crippen molar-refractivity contribution in [1.82, 2.24) is 10.6 Å². The monoisotopic (exact) mass is 292 g/mol. The number of benzene rings is 1. The van der Waals surface area contributed by atoms with Crippen molar-refractivity contribution < 1.29 is 14.7 Å². The van der Waals surface area contributed by atoms with Gasteiger partial charge < -0.3 is 15.7 Å². The summed E-state index contributed by atoms with van der Waals surface area (Å²) >= 11 is 0. The minimum absolute atomic E-state index is 0.0436. The fourth-order valence-electron chi connectivity index (χ4n) is 1.95. The molecule has 1 atom stereocenters. The Kier molecular flexibility index (Phi) is 7.29. The average molecular weight is 292 g/mol. The fraction of sp³-hybridized carbons (Fsp3) is 0.500. The van der Waals surface area contributed by atoms with E-state index in [-0.39, 0.29) is 18.5 Å². The normalized spacial score (nSPS) is 12.0. The van der Waals surface area contributed by atoms with Crippen LogP contribution in [0.5, 0.6) is 0 Å². The molecule has 0 bridgehead atoms. The summed E-state index contributed by atoms with van der Waals surface area (Å²) in [6.07, 6.45) is 1.09. The van der Waals surface area contributed by atoms with E-state index in [9.17, 15) is 9.59 Å². The first-order valence-electron chi connectivity index (χ1n) is 7.27. The van der Waals surface area contributed by atoms with Crippen LogP contribution >= 0.6 is 0 Å². The van der Waals surface area contributed by atoms with E-state index in [2.05, 4.69) is 10.6 Å². The van der Waals surface area contributed by atoms with Crippen LogP contribution in [0.25, 0.3) is 0 Å². The molecule has 1 unspecified atom stereocenters. The maximum Gasteiger partial charge on any atom is 0.315 e. The molecule has 3 N–H and O–H groups in total. The Hall–Kier alpha value is -2.04. The lowest BCUT2D eigenvalue weighted by Crippen LogP contribution is -2.44. The summed E-state index contributed by atoms with van der Waals surface area (Å²) in [5.41, 5.74) is 1.08. The summed E-state index contributed by atoms with van der Waals surface area (Å²) in [6, 6.07) is 9.32. The summed E-state index contributed by atoms with van der Waals surface area (Å²) in [4.78, 5) is 22.6. The Morgan fingerprint density at radius 1 is 1.19 bits per heavy atom. The van der Waals surface area contributed by atoms with E-state index in [1.165, 1.54) is 0 Å². The van der Waals surface area contributed by atoms with Crippen molar-refractivity contribution in [2.75, 3.05) is 6.54 Å². The van der Waals surface area contributed by atoms with Gasteiger partial charge in [-0.15, -0.1) is 0 Å². The van der Waals surface area contributed by atoms with Crippen molar-refractivity contribution in [3.63, 3.8) is 0 Å². The first kappa shape index (κ1) is 17.0. The van der Waals surface area contributed by atoms with Gasteiger partial charge in [0.1, 0.15) is 0 Å². The second-order valence-corrected chi connectivity index (χ2v) is 5.57. The van der Waals surface area contributed by atoms with Crippen LogP contribution < -0.4 is 10.6 Å². The van der Waals surface area contributed by atoms with Gasteiger partial charge in [-0.3, -0.25) is 4.79 Å². The lowest BCUT2D eigenvalue weighted by Gasteiger charge is -2.19. The number of hydrogen-bond donors (Lipinski definition) is 3. The molecule has 0 saturated heterocycles. The zero-order valence-corrected chi connectivity index (χ0v) is 12.6. The molecule has 5 nitrogen and oxygen atoms in total. The van der Waals surface area contributed by atoms with Gasteiger partial charge in [-0.1, -0.05) is 44.2 Å². The molecule has 1 rings (SSSR count). The highest BCUT2D eigenvalue weighted by Crippen LogP contribution is 2.08. The van der Waals surface area contributed by atoms with Gasteiger partial charge in [0.05, 0.1) is 0 Å². The summed E-state index contributed by atoms with van der Waals surface area (Å²) in [7, 11) is 0. The molecule has 0 heterocycles. The molecule has 5 heteroatoms. The van der Waals surface area contributed by atoms with Crippen molar-refractivity contribution in [2.24, 2.45) is 5.92 Å². The Morgan fingerprint density at radius 3 is 2.43 bits per heavy atom. The molecule has 0 aliphatic rings. The smallest absolute Gasteiger partial charge is 0.315 e.